The lowest BCUT2D eigenvalue weighted by molar-refractivity contribution is 0.295. The molecule has 6 nitrogen and oxygen atoms in total. The van der Waals surface area contributed by atoms with Crippen LogP contribution in [0.3, 0.4) is 0 Å². The molecule has 0 bridgehead atoms. The maximum Gasteiger partial charge on any atom is 0.223 e. The fraction of sp³-hybridized carbons (Fsp3) is 0.261. The monoisotopic (exact) mass is 417 g/mol. The Bertz CT molecular complexity index is 1100. The fourth-order valence-corrected chi connectivity index (χ4v) is 4.39. The number of guanidine groups is 1. The number of hydrogen-bond donors (Lipinski definition) is 2. The van der Waals surface area contributed by atoms with Gasteiger partial charge in [-0.3, -0.25) is 4.99 Å². The van der Waals surface area contributed by atoms with Gasteiger partial charge in [0.05, 0.1) is 11.3 Å². The lowest BCUT2D eigenvalue weighted by Gasteiger charge is -2.16. The molecule has 0 spiro atoms. The molecule has 0 atom stereocenters. The number of nitrogens with one attached hydrogen (secondary N) is 2. The van der Waals surface area contributed by atoms with Gasteiger partial charge in [-0.25, -0.2) is 9.97 Å². The molecule has 1 aromatic carbocycles. The van der Waals surface area contributed by atoms with Crippen LogP contribution in [0.15, 0.2) is 53.0 Å². The van der Waals surface area contributed by atoms with Crippen molar-refractivity contribution >= 4 is 28.5 Å². The van der Waals surface area contributed by atoms with Gasteiger partial charge in [-0.05, 0) is 48.1 Å². The van der Waals surface area contributed by atoms with Gasteiger partial charge in [0.15, 0.2) is 11.1 Å². The summed E-state index contributed by atoms with van der Waals surface area (Å²) in [6.07, 6.45) is 9.44. The van der Waals surface area contributed by atoms with Crippen LogP contribution in [0.25, 0.3) is 17.3 Å². The van der Waals surface area contributed by atoms with E-state index in [0.29, 0.717) is 12.5 Å². The van der Waals surface area contributed by atoms with Gasteiger partial charge in [0.2, 0.25) is 5.88 Å². The van der Waals surface area contributed by atoms with Crippen molar-refractivity contribution < 1.29 is 4.74 Å². The van der Waals surface area contributed by atoms with Gasteiger partial charge in [0.1, 0.15) is 6.61 Å². The molecule has 3 aromatic rings. The highest BCUT2D eigenvalue weighted by Crippen LogP contribution is 2.32. The summed E-state index contributed by atoms with van der Waals surface area (Å²) >= 11 is 1.54. The number of hydrogen-bond acceptors (Lipinski definition) is 7. The number of anilines is 1. The van der Waals surface area contributed by atoms with E-state index in [-0.39, 0.29) is 0 Å². The number of aliphatic imine (C=N–C) groups is 1. The van der Waals surface area contributed by atoms with E-state index >= 15 is 0 Å². The maximum absolute atomic E-state index is 6.17. The van der Waals surface area contributed by atoms with Crippen LogP contribution in [-0.4, -0.2) is 29.0 Å². The standard InChI is InChI=1S/C23H23N5OS/c1-2-9-18-16(6-1)7-3-8-17(18)14-29-21-19(10-4-11-24-21)20-15-30-23(27-20)28-22-25-12-5-13-26-22/h2-4,7-11,15H,1,5-6,12-14H2,(H2,25,26,27,28). The lowest BCUT2D eigenvalue weighted by atomic mass is 9.93. The highest BCUT2D eigenvalue weighted by atomic mass is 32.1. The minimum absolute atomic E-state index is 0.480. The molecule has 0 saturated heterocycles. The van der Waals surface area contributed by atoms with Gasteiger partial charge in [-0.1, -0.05) is 30.4 Å². The number of pyridine rings is 1. The molecule has 0 amide bonds. The Labute approximate surface area is 179 Å². The van der Waals surface area contributed by atoms with Crippen LogP contribution < -0.4 is 15.4 Å². The fourth-order valence-electron chi connectivity index (χ4n) is 3.68. The van der Waals surface area contributed by atoms with Crippen LogP contribution in [0, 0.1) is 0 Å². The first-order valence-electron chi connectivity index (χ1n) is 10.2. The van der Waals surface area contributed by atoms with E-state index in [1.54, 1.807) is 17.5 Å². The number of fused-ring (bicyclic) bond motifs is 1. The number of rotatable bonds is 5. The first-order valence-corrected chi connectivity index (χ1v) is 11.1. The summed E-state index contributed by atoms with van der Waals surface area (Å²) in [4.78, 5) is 13.6. The molecule has 0 fully saturated rings. The normalized spacial score (nSPS) is 15.1. The second-order valence-electron chi connectivity index (χ2n) is 7.25. The molecule has 2 N–H and O–H groups in total. The van der Waals surface area contributed by atoms with Crippen LogP contribution in [-0.2, 0) is 13.0 Å². The largest absolute Gasteiger partial charge is 0.472 e. The second-order valence-corrected chi connectivity index (χ2v) is 8.11. The third kappa shape index (κ3) is 4.07. The van der Waals surface area contributed by atoms with E-state index in [2.05, 4.69) is 51.0 Å². The number of ether oxygens (including phenoxy) is 1. The Morgan fingerprint density at radius 2 is 2.20 bits per heavy atom. The smallest absolute Gasteiger partial charge is 0.223 e. The van der Waals surface area contributed by atoms with Gasteiger partial charge in [0, 0.05) is 24.7 Å². The van der Waals surface area contributed by atoms with Crippen molar-refractivity contribution in [2.45, 2.75) is 25.9 Å². The van der Waals surface area contributed by atoms with Gasteiger partial charge in [-0.2, -0.15) is 0 Å². The first-order chi connectivity index (χ1) is 14.9. The van der Waals surface area contributed by atoms with Crippen molar-refractivity contribution in [3.63, 3.8) is 0 Å². The van der Waals surface area contributed by atoms with Crippen LogP contribution >= 0.6 is 11.3 Å². The Kier molecular flexibility index (Phi) is 5.44. The van der Waals surface area contributed by atoms with Crippen molar-refractivity contribution in [1.82, 2.24) is 15.3 Å². The van der Waals surface area contributed by atoms with Gasteiger partial charge in [-0.15, -0.1) is 11.3 Å². The summed E-state index contributed by atoms with van der Waals surface area (Å²) in [5.41, 5.74) is 5.58. The number of aromatic nitrogens is 2. The highest BCUT2D eigenvalue weighted by Gasteiger charge is 2.15. The summed E-state index contributed by atoms with van der Waals surface area (Å²) < 4.78 is 6.17. The van der Waals surface area contributed by atoms with Gasteiger partial charge < -0.3 is 15.4 Å². The highest BCUT2D eigenvalue weighted by molar-refractivity contribution is 7.14. The Morgan fingerprint density at radius 3 is 3.13 bits per heavy atom. The molecule has 0 unspecified atom stereocenters. The van der Waals surface area contributed by atoms with E-state index in [1.807, 2.05) is 17.5 Å². The molecule has 152 valence electrons. The summed E-state index contributed by atoms with van der Waals surface area (Å²) in [6.45, 7) is 2.25. The number of aryl methyl sites for hydroxylation is 1. The molecular weight excluding hydrogens is 394 g/mol. The lowest BCUT2D eigenvalue weighted by Crippen LogP contribution is -2.35. The van der Waals surface area contributed by atoms with Crippen LogP contribution in [0.2, 0.25) is 0 Å². The van der Waals surface area contributed by atoms with Crippen molar-refractivity contribution in [1.29, 1.82) is 0 Å². The number of nitrogens with zero attached hydrogens (tertiary/aromatic N) is 3. The number of thiazole rings is 1. The molecule has 1 aliphatic carbocycles. The topological polar surface area (TPSA) is 71.4 Å². The molecule has 5 rings (SSSR count). The minimum atomic E-state index is 0.480. The minimum Gasteiger partial charge on any atom is -0.472 e. The quantitative estimate of drug-likeness (QED) is 0.639. The van der Waals surface area contributed by atoms with Crippen molar-refractivity contribution in [3.8, 4) is 17.1 Å². The predicted octanol–water partition coefficient (Wildman–Crippen LogP) is 4.50. The zero-order chi connectivity index (χ0) is 20.2. The molecule has 0 saturated carbocycles. The van der Waals surface area contributed by atoms with E-state index in [9.17, 15) is 0 Å². The molecule has 0 radical (unpaired) electrons. The average Bonchev–Trinajstić information content (AvgIpc) is 3.27. The molecule has 2 aliphatic rings. The van der Waals surface area contributed by atoms with Gasteiger partial charge in [0.25, 0.3) is 0 Å². The van der Waals surface area contributed by atoms with Crippen molar-refractivity contribution in [3.05, 3.63) is 64.7 Å². The molecular formula is C23H23N5OS. The summed E-state index contributed by atoms with van der Waals surface area (Å²) in [7, 11) is 0. The summed E-state index contributed by atoms with van der Waals surface area (Å²) in [5, 5.41) is 9.33. The summed E-state index contributed by atoms with van der Waals surface area (Å²) in [5.74, 6) is 1.38. The average molecular weight is 418 g/mol. The molecule has 7 heteroatoms. The van der Waals surface area contributed by atoms with Crippen LogP contribution in [0.4, 0.5) is 5.13 Å². The molecule has 1 aliphatic heterocycles. The van der Waals surface area contributed by atoms with Crippen LogP contribution in [0.1, 0.15) is 29.5 Å². The Morgan fingerprint density at radius 1 is 1.20 bits per heavy atom. The second kappa shape index (κ2) is 8.67. The zero-order valence-electron chi connectivity index (χ0n) is 16.6. The van der Waals surface area contributed by atoms with Crippen LogP contribution in [0.5, 0.6) is 5.88 Å². The predicted molar refractivity (Wildman–Crippen MR) is 122 cm³/mol. The maximum atomic E-state index is 6.17. The zero-order valence-corrected chi connectivity index (χ0v) is 17.4. The third-order valence-electron chi connectivity index (χ3n) is 5.19. The van der Waals surface area contributed by atoms with E-state index in [4.69, 9.17) is 9.72 Å². The van der Waals surface area contributed by atoms with E-state index < -0.39 is 0 Å². The Balaban J connectivity index is 1.34. The van der Waals surface area contributed by atoms with E-state index in [0.717, 1.165) is 54.7 Å². The Hall–Kier alpha value is -3.19. The van der Waals surface area contributed by atoms with Crippen molar-refractivity contribution in [2.24, 2.45) is 4.99 Å². The molecule has 2 aromatic heterocycles. The number of benzene rings is 1. The SMILES string of the molecule is C1=Cc2c(cccc2COc2ncccc2-c2csc(NC3=NCCCN3)n2)CC1. The molecule has 3 heterocycles. The van der Waals surface area contributed by atoms with E-state index in [1.165, 1.54) is 16.7 Å². The molecule has 30 heavy (non-hydrogen) atoms. The summed E-state index contributed by atoms with van der Waals surface area (Å²) in [6, 6.07) is 10.3. The third-order valence-corrected chi connectivity index (χ3v) is 5.95. The van der Waals surface area contributed by atoms with Gasteiger partial charge >= 0.3 is 0 Å². The first kappa shape index (κ1) is 18.8. The number of allylic oxidation sites excluding steroid dienone is 1. The van der Waals surface area contributed by atoms with Crippen molar-refractivity contribution in [2.75, 3.05) is 18.4 Å².